The summed E-state index contributed by atoms with van der Waals surface area (Å²) in [6.45, 7) is 6.78. The van der Waals surface area contributed by atoms with Gasteiger partial charge in [-0.05, 0) is 42.3 Å². The number of esters is 1. The van der Waals surface area contributed by atoms with E-state index in [9.17, 15) is 4.79 Å². The fourth-order valence-corrected chi connectivity index (χ4v) is 2.91. The van der Waals surface area contributed by atoms with Gasteiger partial charge in [-0.15, -0.1) is 5.11 Å². The Bertz CT molecular complexity index is 766. The summed E-state index contributed by atoms with van der Waals surface area (Å²) in [5.41, 5.74) is 3.95. The van der Waals surface area contributed by atoms with E-state index in [1.807, 2.05) is 5.01 Å². The summed E-state index contributed by atoms with van der Waals surface area (Å²) >= 11 is 0. The third kappa shape index (κ3) is 4.67. The molecule has 1 aliphatic heterocycles. The molecule has 0 saturated carbocycles. The summed E-state index contributed by atoms with van der Waals surface area (Å²) in [5.74, 6) is -0.349. The molecule has 0 spiro atoms. The first-order valence-corrected chi connectivity index (χ1v) is 8.77. The third-order valence-electron chi connectivity index (χ3n) is 4.58. The largest absolute Gasteiger partial charge is 0.465 e. The van der Waals surface area contributed by atoms with Crippen LogP contribution in [0.3, 0.4) is 0 Å². The molecule has 1 heterocycles. The highest BCUT2D eigenvalue weighted by molar-refractivity contribution is 5.89. The first-order valence-electron chi connectivity index (χ1n) is 8.77. The number of piperazine rings is 1. The molecule has 136 valence electrons. The lowest BCUT2D eigenvalue weighted by molar-refractivity contribution is 0.0601. The molecule has 1 fully saturated rings. The summed E-state index contributed by atoms with van der Waals surface area (Å²) in [6, 6.07) is 15.5. The van der Waals surface area contributed by atoms with Crippen molar-refractivity contribution in [1.82, 2.24) is 9.91 Å². The highest BCUT2D eigenvalue weighted by Gasteiger charge is 2.16. The van der Waals surface area contributed by atoms with E-state index in [0.717, 1.165) is 38.4 Å². The number of rotatable bonds is 5. The van der Waals surface area contributed by atoms with Gasteiger partial charge in [0.15, 0.2) is 0 Å². The van der Waals surface area contributed by atoms with Crippen molar-refractivity contribution >= 4 is 11.7 Å². The maximum absolute atomic E-state index is 11.4. The average Bonchev–Trinajstić information content (AvgIpc) is 2.69. The van der Waals surface area contributed by atoms with Crippen LogP contribution >= 0.6 is 0 Å². The van der Waals surface area contributed by atoms with Crippen LogP contribution < -0.4 is 0 Å². The minimum Gasteiger partial charge on any atom is -0.465 e. The summed E-state index contributed by atoms with van der Waals surface area (Å²) in [5, 5.41) is 10.6. The maximum atomic E-state index is 11.4. The molecule has 1 saturated heterocycles. The van der Waals surface area contributed by atoms with Crippen molar-refractivity contribution in [1.29, 1.82) is 0 Å². The molecular formula is C20H24N4O2. The Balaban J connectivity index is 1.50. The minimum atomic E-state index is -0.349. The van der Waals surface area contributed by atoms with Gasteiger partial charge in [-0.1, -0.05) is 29.5 Å². The van der Waals surface area contributed by atoms with Crippen molar-refractivity contribution in [3.8, 4) is 0 Å². The number of aryl methyl sites for hydroxylation is 1. The Hall–Kier alpha value is -2.73. The number of hydrogen-bond acceptors (Lipinski definition) is 5. The zero-order valence-electron chi connectivity index (χ0n) is 15.3. The van der Waals surface area contributed by atoms with Crippen molar-refractivity contribution in [3.05, 3.63) is 65.2 Å². The maximum Gasteiger partial charge on any atom is 0.337 e. The topological polar surface area (TPSA) is 57.5 Å². The van der Waals surface area contributed by atoms with Crippen LogP contribution in [-0.2, 0) is 11.3 Å². The van der Waals surface area contributed by atoms with E-state index in [1.165, 1.54) is 18.2 Å². The van der Waals surface area contributed by atoms with Gasteiger partial charge in [-0.25, -0.2) is 4.79 Å². The highest BCUT2D eigenvalue weighted by Crippen LogP contribution is 2.16. The van der Waals surface area contributed by atoms with Crippen LogP contribution in [0.2, 0.25) is 0 Å². The number of methoxy groups -OCH3 is 1. The molecular weight excluding hydrogens is 328 g/mol. The number of carbonyl (C=O) groups excluding carboxylic acids is 1. The van der Waals surface area contributed by atoms with Gasteiger partial charge in [0, 0.05) is 19.6 Å². The summed E-state index contributed by atoms with van der Waals surface area (Å²) < 4.78 is 4.69. The van der Waals surface area contributed by atoms with Crippen LogP contribution in [0.25, 0.3) is 0 Å². The van der Waals surface area contributed by atoms with Crippen molar-refractivity contribution in [2.24, 2.45) is 10.3 Å². The predicted molar refractivity (Wildman–Crippen MR) is 100 cm³/mol. The van der Waals surface area contributed by atoms with Crippen molar-refractivity contribution in [2.45, 2.75) is 13.5 Å². The van der Waals surface area contributed by atoms with E-state index in [0.29, 0.717) is 5.56 Å². The lowest BCUT2D eigenvalue weighted by Gasteiger charge is -2.32. The number of hydrogen-bond donors (Lipinski definition) is 0. The molecule has 6 heteroatoms. The van der Waals surface area contributed by atoms with Crippen molar-refractivity contribution in [3.63, 3.8) is 0 Å². The molecule has 3 rings (SSSR count). The van der Waals surface area contributed by atoms with E-state index in [1.54, 1.807) is 24.3 Å². The van der Waals surface area contributed by atoms with Crippen molar-refractivity contribution < 1.29 is 9.53 Å². The number of ether oxygens (including phenoxy) is 1. The van der Waals surface area contributed by atoms with Gasteiger partial charge >= 0.3 is 5.97 Å². The standard InChI is InChI=1S/C20H24N4O2/c1-16-5-3-4-6-18(16)15-23-11-13-24(14-12-23)22-21-19-9-7-17(8-10-19)20(25)26-2/h3-10H,11-15H2,1-2H3. The molecule has 0 unspecified atom stereocenters. The third-order valence-corrected chi connectivity index (χ3v) is 4.58. The smallest absolute Gasteiger partial charge is 0.337 e. The molecule has 2 aromatic rings. The Kier molecular flexibility index (Phi) is 5.96. The molecule has 0 N–H and O–H groups in total. The van der Waals surface area contributed by atoms with Gasteiger partial charge in [0.2, 0.25) is 0 Å². The highest BCUT2D eigenvalue weighted by atomic mass is 16.5. The van der Waals surface area contributed by atoms with E-state index in [2.05, 4.69) is 51.2 Å². The minimum absolute atomic E-state index is 0.349. The van der Waals surface area contributed by atoms with Crippen molar-refractivity contribution in [2.75, 3.05) is 33.3 Å². The second-order valence-electron chi connectivity index (χ2n) is 6.38. The van der Waals surface area contributed by atoms with Crippen LogP contribution in [0.1, 0.15) is 21.5 Å². The number of carbonyl (C=O) groups is 1. The molecule has 0 radical (unpaired) electrons. The first kappa shape index (κ1) is 18.1. The molecule has 0 atom stereocenters. The molecule has 2 aromatic carbocycles. The van der Waals surface area contributed by atoms with Crippen LogP contribution in [0.5, 0.6) is 0 Å². The Morgan fingerprint density at radius 1 is 1.04 bits per heavy atom. The van der Waals surface area contributed by atoms with E-state index >= 15 is 0 Å². The van der Waals surface area contributed by atoms with Gasteiger partial charge in [0.1, 0.15) is 0 Å². The Morgan fingerprint density at radius 2 is 1.73 bits per heavy atom. The molecule has 1 aliphatic rings. The number of nitrogens with zero attached hydrogens (tertiary/aromatic N) is 4. The first-order chi connectivity index (χ1) is 12.7. The normalized spacial score (nSPS) is 15.4. The second-order valence-corrected chi connectivity index (χ2v) is 6.38. The number of benzene rings is 2. The Morgan fingerprint density at radius 3 is 2.38 bits per heavy atom. The van der Waals surface area contributed by atoms with E-state index < -0.39 is 0 Å². The van der Waals surface area contributed by atoms with Crippen LogP contribution in [-0.4, -0.2) is 49.2 Å². The lowest BCUT2D eigenvalue weighted by atomic mass is 10.1. The van der Waals surface area contributed by atoms with Crippen LogP contribution in [0.4, 0.5) is 5.69 Å². The SMILES string of the molecule is COC(=O)c1ccc(N=NN2CCN(Cc3ccccc3C)CC2)cc1. The quantitative estimate of drug-likeness (QED) is 0.609. The fraction of sp³-hybridized carbons (Fsp3) is 0.350. The molecule has 0 bridgehead atoms. The van der Waals surface area contributed by atoms with Crippen LogP contribution in [0.15, 0.2) is 58.9 Å². The van der Waals surface area contributed by atoms with E-state index in [-0.39, 0.29) is 5.97 Å². The van der Waals surface area contributed by atoms with E-state index in [4.69, 9.17) is 0 Å². The lowest BCUT2D eigenvalue weighted by Crippen LogP contribution is -2.43. The average molecular weight is 352 g/mol. The van der Waals surface area contributed by atoms with Crippen LogP contribution in [0, 0.1) is 6.92 Å². The fourth-order valence-electron chi connectivity index (χ4n) is 2.91. The predicted octanol–water partition coefficient (Wildman–Crippen LogP) is 3.60. The monoisotopic (exact) mass is 352 g/mol. The van der Waals surface area contributed by atoms with Gasteiger partial charge in [-0.2, -0.15) is 0 Å². The summed E-state index contributed by atoms with van der Waals surface area (Å²) in [7, 11) is 1.37. The molecule has 6 nitrogen and oxygen atoms in total. The molecule has 0 aromatic heterocycles. The zero-order chi connectivity index (χ0) is 18.4. The summed E-state index contributed by atoms with van der Waals surface area (Å²) in [6.07, 6.45) is 0. The van der Waals surface area contributed by atoms with Gasteiger partial charge in [0.05, 0.1) is 31.5 Å². The zero-order valence-corrected chi connectivity index (χ0v) is 15.3. The van der Waals surface area contributed by atoms with Gasteiger partial charge in [-0.3, -0.25) is 9.91 Å². The Labute approximate surface area is 154 Å². The molecule has 0 amide bonds. The van der Waals surface area contributed by atoms with Gasteiger partial charge in [0.25, 0.3) is 0 Å². The van der Waals surface area contributed by atoms with Gasteiger partial charge < -0.3 is 4.74 Å². The molecule has 26 heavy (non-hydrogen) atoms. The molecule has 0 aliphatic carbocycles. The second kappa shape index (κ2) is 8.58. The summed E-state index contributed by atoms with van der Waals surface area (Å²) in [4.78, 5) is 13.9.